The average Bonchev–Trinajstić information content (AvgIpc) is 2.99. The van der Waals surface area contributed by atoms with E-state index in [9.17, 15) is 4.79 Å². The number of ether oxygens (including phenoxy) is 1. The monoisotopic (exact) mass is 285 g/mol. The van der Waals surface area contributed by atoms with E-state index in [2.05, 4.69) is 5.32 Å². The van der Waals surface area contributed by atoms with Crippen molar-refractivity contribution in [3.05, 3.63) is 29.8 Å². The molecule has 3 nitrogen and oxygen atoms in total. The van der Waals surface area contributed by atoms with Crippen LogP contribution in [0.15, 0.2) is 24.3 Å². The minimum absolute atomic E-state index is 0.00724. The Labute approximate surface area is 115 Å². The summed E-state index contributed by atoms with van der Waals surface area (Å²) in [6.07, 6.45) is 1.31. The van der Waals surface area contributed by atoms with Gasteiger partial charge in [0.2, 0.25) is 5.91 Å². The topological polar surface area (TPSA) is 38.3 Å². The lowest BCUT2D eigenvalue weighted by atomic mass is 10.0. The molecule has 1 fully saturated rings. The maximum atomic E-state index is 12.0. The summed E-state index contributed by atoms with van der Waals surface area (Å²) >= 11 is 11.8. The molecule has 0 radical (unpaired) electrons. The molecule has 1 aliphatic heterocycles. The Bertz CT molecular complexity index is 490. The number of hydrogen-bond donors (Lipinski definition) is 1. The van der Waals surface area contributed by atoms with Crippen molar-refractivity contribution in [3.63, 3.8) is 0 Å². The van der Waals surface area contributed by atoms with Crippen molar-refractivity contribution in [2.24, 2.45) is 5.92 Å². The SMILES string of the molecule is O=C(N[C@@H]1CCOc2ccccc21)[C@@H]1CC1(Cl)Cl. The second-order valence-corrected chi connectivity index (χ2v) is 6.30. The molecule has 1 N–H and O–H groups in total. The van der Waals surface area contributed by atoms with Gasteiger partial charge in [-0.2, -0.15) is 0 Å². The Balaban J connectivity index is 1.73. The normalized spacial score (nSPS) is 27.9. The Morgan fingerprint density at radius 3 is 2.83 bits per heavy atom. The van der Waals surface area contributed by atoms with Gasteiger partial charge in [0, 0.05) is 12.0 Å². The van der Waals surface area contributed by atoms with Gasteiger partial charge < -0.3 is 10.1 Å². The van der Waals surface area contributed by atoms with Gasteiger partial charge in [-0.15, -0.1) is 23.2 Å². The number of fused-ring (bicyclic) bond motifs is 1. The van der Waals surface area contributed by atoms with Crippen molar-refractivity contribution < 1.29 is 9.53 Å². The summed E-state index contributed by atoms with van der Waals surface area (Å²) in [6, 6.07) is 7.75. The molecule has 0 aromatic heterocycles. The molecule has 0 spiro atoms. The number of carbonyl (C=O) groups is 1. The number of hydrogen-bond acceptors (Lipinski definition) is 2. The van der Waals surface area contributed by atoms with Crippen LogP contribution >= 0.6 is 23.2 Å². The molecule has 1 saturated carbocycles. The fraction of sp³-hybridized carbons (Fsp3) is 0.462. The molecule has 96 valence electrons. The zero-order chi connectivity index (χ0) is 12.8. The Morgan fingerprint density at radius 2 is 2.11 bits per heavy atom. The third-order valence-corrected chi connectivity index (χ3v) is 4.25. The van der Waals surface area contributed by atoms with Gasteiger partial charge in [-0.05, 0) is 12.5 Å². The maximum absolute atomic E-state index is 12.0. The van der Waals surface area contributed by atoms with E-state index in [1.807, 2.05) is 24.3 Å². The van der Waals surface area contributed by atoms with Gasteiger partial charge in [0.05, 0.1) is 18.6 Å². The first-order chi connectivity index (χ1) is 8.58. The molecule has 2 aliphatic rings. The molecule has 1 aliphatic carbocycles. The van der Waals surface area contributed by atoms with Crippen LogP contribution in [0.25, 0.3) is 0 Å². The predicted molar refractivity (Wildman–Crippen MR) is 70.0 cm³/mol. The lowest BCUT2D eigenvalue weighted by Gasteiger charge is -2.26. The van der Waals surface area contributed by atoms with E-state index in [4.69, 9.17) is 27.9 Å². The second-order valence-electron chi connectivity index (χ2n) is 4.75. The summed E-state index contributed by atoms with van der Waals surface area (Å²) in [5, 5.41) is 3.00. The highest BCUT2D eigenvalue weighted by Gasteiger charge is 2.56. The molecule has 5 heteroatoms. The number of halogens is 2. The number of alkyl halides is 2. The molecule has 18 heavy (non-hydrogen) atoms. The lowest BCUT2D eigenvalue weighted by Crippen LogP contribution is -2.34. The number of nitrogens with one attached hydrogen (secondary N) is 1. The van der Waals surface area contributed by atoms with Crippen LogP contribution in [0.3, 0.4) is 0 Å². The van der Waals surface area contributed by atoms with Crippen molar-refractivity contribution >= 4 is 29.1 Å². The first kappa shape index (κ1) is 12.1. The maximum Gasteiger partial charge on any atom is 0.226 e. The lowest BCUT2D eigenvalue weighted by molar-refractivity contribution is -0.123. The first-order valence-corrected chi connectivity index (χ1v) is 6.73. The molecular formula is C13H13Cl2NO2. The van der Waals surface area contributed by atoms with Crippen molar-refractivity contribution in [1.29, 1.82) is 0 Å². The van der Waals surface area contributed by atoms with Gasteiger partial charge in [0.25, 0.3) is 0 Å². The number of amides is 1. The Morgan fingerprint density at radius 1 is 1.39 bits per heavy atom. The third kappa shape index (κ3) is 2.17. The minimum atomic E-state index is -0.866. The number of benzene rings is 1. The van der Waals surface area contributed by atoms with Crippen LogP contribution in [0.1, 0.15) is 24.4 Å². The minimum Gasteiger partial charge on any atom is -0.493 e. The molecule has 3 rings (SSSR count). The molecule has 0 saturated heterocycles. The Kier molecular flexibility index (Phi) is 2.91. The average molecular weight is 286 g/mol. The Hall–Kier alpha value is -0.930. The summed E-state index contributed by atoms with van der Waals surface area (Å²) in [4.78, 5) is 12.0. The zero-order valence-electron chi connectivity index (χ0n) is 9.66. The van der Waals surface area contributed by atoms with Crippen LogP contribution in [-0.4, -0.2) is 16.8 Å². The molecule has 1 heterocycles. The summed E-state index contributed by atoms with van der Waals surface area (Å²) in [5.74, 6) is 0.491. The number of para-hydroxylation sites is 1. The standard InChI is InChI=1S/C13H13Cl2NO2/c14-13(15)7-9(13)12(17)16-10-5-6-18-11-4-2-1-3-8(10)11/h1-4,9-10H,5-7H2,(H,16,17)/t9-,10+/m0/s1. The summed E-state index contributed by atoms with van der Waals surface area (Å²) < 4.78 is 4.68. The van der Waals surface area contributed by atoms with Crippen molar-refractivity contribution in [2.45, 2.75) is 23.2 Å². The molecule has 0 unspecified atom stereocenters. The van der Waals surface area contributed by atoms with Gasteiger partial charge in [-0.25, -0.2) is 0 Å². The summed E-state index contributed by atoms with van der Waals surface area (Å²) in [7, 11) is 0. The van der Waals surface area contributed by atoms with E-state index < -0.39 is 4.33 Å². The van der Waals surface area contributed by atoms with Crippen molar-refractivity contribution in [1.82, 2.24) is 5.32 Å². The van der Waals surface area contributed by atoms with Crippen LogP contribution in [-0.2, 0) is 4.79 Å². The molecule has 0 bridgehead atoms. The van der Waals surface area contributed by atoms with Gasteiger partial charge in [-0.3, -0.25) is 4.79 Å². The van der Waals surface area contributed by atoms with Crippen LogP contribution < -0.4 is 10.1 Å². The van der Waals surface area contributed by atoms with E-state index in [1.54, 1.807) is 0 Å². The number of rotatable bonds is 2. The van der Waals surface area contributed by atoms with Gasteiger partial charge >= 0.3 is 0 Å². The van der Waals surface area contributed by atoms with E-state index in [1.165, 1.54) is 0 Å². The van der Waals surface area contributed by atoms with Gasteiger partial charge in [0.1, 0.15) is 10.1 Å². The predicted octanol–water partition coefficient (Wildman–Crippen LogP) is 2.82. The molecular weight excluding hydrogens is 273 g/mol. The molecule has 1 aromatic rings. The van der Waals surface area contributed by atoms with Crippen LogP contribution in [0.2, 0.25) is 0 Å². The fourth-order valence-electron chi connectivity index (χ4n) is 2.26. The van der Waals surface area contributed by atoms with Crippen molar-refractivity contribution in [3.8, 4) is 5.75 Å². The highest BCUT2D eigenvalue weighted by Crippen LogP contribution is 2.53. The molecule has 1 aromatic carbocycles. The highest BCUT2D eigenvalue weighted by atomic mass is 35.5. The van der Waals surface area contributed by atoms with Crippen molar-refractivity contribution in [2.75, 3.05) is 6.61 Å². The van der Waals surface area contributed by atoms with Crippen LogP contribution in [0.5, 0.6) is 5.75 Å². The largest absolute Gasteiger partial charge is 0.493 e. The zero-order valence-corrected chi connectivity index (χ0v) is 11.2. The van der Waals surface area contributed by atoms with Crippen LogP contribution in [0, 0.1) is 5.92 Å². The van der Waals surface area contributed by atoms with E-state index >= 15 is 0 Å². The quantitative estimate of drug-likeness (QED) is 0.849. The van der Waals surface area contributed by atoms with E-state index in [0.717, 1.165) is 17.7 Å². The van der Waals surface area contributed by atoms with E-state index in [-0.39, 0.29) is 17.9 Å². The molecule has 1 amide bonds. The summed E-state index contributed by atoms with van der Waals surface area (Å²) in [6.45, 7) is 0.611. The van der Waals surface area contributed by atoms with E-state index in [0.29, 0.717) is 13.0 Å². The smallest absolute Gasteiger partial charge is 0.226 e. The van der Waals surface area contributed by atoms with Gasteiger partial charge in [0.15, 0.2) is 0 Å². The molecule has 2 atom stereocenters. The highest BCUT2D eigenvalue weighted by molar-refractivity contribution is 6.52. The third-order valence-electron chi connectivity index (χ3n) is 3.42. The first-order valence-electron chi connectivity index (χ1n) is 5.98. The fourth-order valence-corrected chi connectivity index (χ4v) is 2.77. The number of carbonyl (C=O) groups excluding carboxylic acids is 1. The van der Waals surface area contributed by atoms with Crippen LogP contribution in [0.4, 0.5) is 0 Å². The van der Waals surface area contributed by atoms with Gasteiger partial charge in [-0.1, -0.05) is 18.2 Å². The second kappa shape index (κ2) is 4.32. The summed E-state index contributed by atoms with van der Waals surface area (Å²) in [5.41, 5.74) is 1.02.